The summed E-state index contributed by atoms with van der Waals surface area (Å²) in [6.45, 7) is 14.7. The molecule has 0 N–H and O–H groups in total. The molecule has 0 aromatic carbocycles. The molecule has 0 saturated carbocycles. The van der Waals surface area contributed by atoms with E-state index in [-0.39, 0.29) is 71.7 Å². The predicted molar refractivity (Wildman–Crippen MR) is 168 cm³/mol. The fourth-order valence-corrected chi connectivity index (χ4v) is 7.42. The first-order valence-corrected chi connectivity index (χ1v) is 14.7. The van der Waals surface area contributed by atoms with Gasteiger partial charge in [0.05, 0.1) is 7.11 Å². The van der Waals surface area contributed by atoms with Crippen molar-refractivity contribution in [3.8, 4) is 0 Å². The Bertz CT molecular complexity index is 1740. The summed E-state index contributed by atoms with van der Waals surface area (Å²) in [5, 5.41) is 13.9. The summed E-state index contributed by atoms with van der Waals surface area (Å²) in [5.74, 6) is 0.0988. The summed E-state index contributed by atoms with van der Waals surface area (Å²) in [5.41, 5.74) is 7.27. The van der Waals surface area contributed by atoms with E-state index in [0.29, 0.717) is 19.3 Å². The SMILES string of the molecule is C=Cc1c(C)/c2[n-]/c1=C\C1[N-]C(/C=c3\[n-]c4c(c3C)C(=O)CC=4C3[N-]C(\C=2)C(C)C3CCC(=O)OC)C(CC)=C1C.[Sn+4]. The van der Waals surface area contributed by atoms with E-state index in [4.69, 9.17) is 25.3 Å². The van der Waals surface area contributed by atoms with Crippen molar-refractivity contribution in [1.82, 2.24) is 9.97 Å². The Hall–Kier alpha value is -2.62. The van der Waals surface area contributed by atoms with E-state index in [1.54, 1.807) is 0 Å². The Labute approximate surface area is 264 Å². The summed E-state index contributed by atoms with van der Waals surface area (Å²) in [6, 6.07) is -0.514. The Morgan fingerprint density at radius 3 is 2.45 bits per heavy atom. The smallest absolute Gasteiger partial charge is 0.658 e. The van der Waals surface area contributed by atoms with Crippen molar-refractivity contribution in [2.24, 2.45) is 11.8 Å². The first-order chi connectivity index (χ1) is 19.7. The minimum absolute atomic E-state index is 0. The number of ether oxygens (including phenoxy) is 1. The number of rotatable bonds is 5. The van der Waals surface area contributed by atoms with E-state index < -0.39 is 0 Å². The van der Waals surface area contributed by atoms with Crippen LogP contribution in [0.1, 0.15) is 73.5 Å². The van der Waals surface area contributed by atoms with Gasteiger partial charge in [0.15, 0.2) is 5.78 Å². The zero-order valence-electron chi connectivity index (χ0n) is 25.3. The summed E-state index contributed by atoms with van der Waals surface area (Å²) in [6.07, 6.45) is 10.5. The molecule has 216 valence electrons. The molecular formula is C34H38N4O3Sn. The average molecular weight is 669 g/mol. The number of carbonyl (C=O) groups excluding carboxylic acids is 2. The third kappa shape index (κ3) is 4.91. The van der Waals surface area contributed by atoms with Crippen molar-refractivity contribution in [1.29, 1.82) is 0 Å². The van der Waals surface area contributed by atoms with Crippen molar-refractivity contribution in [3.05, 3.63) is 72.0 Å². The van der Waals surface area contributed by atoms with Crippen LogP contribution in [0.5, 0.6) is 0 Å². The number of fused-ring (bicyclic) bond motifs is 8. The van der Waals surface area contributed by atoms with E-state index in [9.17, 15) is 9.59 Å². The molecule has 2 aromatic rings. The van der Waals surface area contributed by atoms with Gasteiger partial charge in [0.2, 0.25) is 0 Å². The molecule has 8 bridgehead atoms. The zero-order valence-corrected chi connectivity index (χ0v) is 28.2. The van der Waals surface area contributed by atoms with Crippen LogP contribution < -0.4 is 31.4 Å². The van der Waals surface area contributed by atoms with Crippen LogP contribution in [0, 0.1) is 25.7 Å². The number of ketones is 1. The molecule has 6 rings (SSSR count). The van der Waals surface area contributed by atoms with Crippen LogP contribution in [0.2, 0.25) is 0 Å². The van der Waals surface area contributed by atoms with Gasteiger partial charge >= 0.3 is 29.9 Å². The third-order valence-corrected chi connectivity index (χ3v) is 9.86. The predicted octanol–water partition coefficient (Wildman–Crippen LogP) is 2.45. The van der Waals surface area contributed by atoms with Crippen molar-refractivity contribution in [2.45, 2.75) is 84.5 Å². The van der Waals surface area contributed by atoms with Gasteiger partial charge in [0.25, 0.3) is 0 Å². The molecule has 6 unspecified atom stereocenters. The second kappa shape index (κ2) is 11.8. The summed E-state index contributed by atoms with van der Waals surface area (Å²) < 4.78 is 4.97. The van der Waals surface area contributed by atoms with Gasteiger partial charge in [-0.2, -0.15) is 0 Å². The van der Waals surface area contributed by atoms with E-state index in [1.807, 2.05) is 13.0 Å². The van der Waals surface area contributed by atoms with Crippen molar-refractivity contribution in [3.63, 3.8) is 0 Å². The molecule has 6 atom stereocenters. The van der Waals surface area contributed by atoms with Crippen LogP contribution in [-0.2, 0) is 9.53 Å². The van der Waals surface area contributed by atoms with E-state index in [0.717, 1.165) is 55.6 Å². The molecule has 7 nitrogen and oxygen atoms in total. The second-order valence-electron chi connectivity index (χ2n) is 11.9. The summed E-state index contributed by atoms with van der Waals surface area (Å²) >= 11 is 0. The van der Waals surface area contributed by atoms with E-state index in [2.05, 4.69) is 52.5 Å². The topological polar surface area (TPSA) is 99.8 Å². The molecule has 0 radical (unpaired) electrons. The molecule has 1 saturated heterocycles. The number of carbonyl (C=O) groups is 2. The van der Waals surface area contributed by atoms with Crippen molar-refractivity contribution >= 4 is 65.5 Å². The zero-order chi connectivity index (χ0) is 29.2. The number of methoxy groups -OCH3 is 1. The van der Waals surface area contributed by atoms with Crippen molar-refractivity contribution < 1.29 is 14.3 Å². The number of hydrogen-bond donors (Lipinski definition) is 0. The molecule has 1 aliphatic carbocycles. The first kappa shape index (κ1) is 30.8. The minimum Gasteiger partial charge on any atom is -0.658 e. The minimum atomic E-state index is -0.229. The van der Waals surface area contributed by atoms with Crippen LogP contribution in [-0.4, -0.2) is 66.9 Å². The maximum absolute atomic E-state index is 13.4. The Kier molecular flexibility index (Phi) is 8.67. The van der Waals surface area contributed by atoms with Crippen LogP contribution in [0.4, 0.5) is 0 Å². The Morgan fingerprint density at radius 1 is 1.05 bits per heavy atom. The molecule has 4 aliphatic rings. The van der Waals surface area contributed by atoms with Crippen LogP contribution >= 0.6 is 0 Å². The first-order valence-electron chi connectivity index (χ1n) is 14.7. The van der Waals surface area contributed by atoms with Gasteiger partial charge in [-0.05, 0) is 39.2 Å². The number of nitrogens with zero attached hydrogens (tertiary/aromatic N) is 4. The molecule has 5 heterocycles. The van der Waals surface area contributed by atoms with Gasteiger partial charge in [0.1, 0.15) is 0 Å². The van der Waals surface area contributed by atoms with Gasteiger partial charge < -0.3 is 25.3 Å². The quantitative estimate of drug-likeness (QED) is 0.277. The van der Waals surface area contributed by atoms with Crippen LogP contribution in [0.25, 0.3) is 40.5 Å². The molecule has 0 amide bonds. The normalized spacial score (nSPS) is 30.2. The largest absolute Gasteiger partial charge is 4.00 e. The molecule has 3 aliphatic heterocycles. The van der Waals surface area contributed by atoms with E-state index in [1.165, 1.54) is 18.3 Å². The molecular weight excluding hydrogens is 631 g/mol. The third-order valence-electron chi connectivity index (χ3n) is 9.86. The maximum atomic E-state index is 13.4. The fraction of sp³-hybridized carbons (Fsp3) is 0.471. The van der Waals surface area contributed by atoms with Gasteiger partial charge in [-0.1, -0.05) is 78.3 Å². The number of aromatic nitrogens is 2. The van der Waals surface area contributed by atoms with Gasteiger partial charge in [-0.15, -0.1) is 51.7 Å². The fourth-order valence-electron chi connectivity index (χ4n) is 7.42. The standard InChI is InChI=1S/C34H38N4O3.Sn/c1-8-20-16(3)24-13-26-18(5)22(10-11-31(40)41-7)33(37-26)23-12-30(39)32-19(6)27(38-34(23)32)15-29-21(9-2)17(4)25(36-29)14-28(20)35-24;/h8,13-15,18,22,25-26,29,33H,1,9-12H2,2-7H3;/q-4;+4/b24-13-,27-15-,28-14-;. The number of Topliss-reactive ketones (excluding diaryl/α,β-unsaturated/α-hetero) is 1. The number of hydrogen-bond acceptors (Lipinski definition) is 3. The summed E-state index contributed by atoms with van der Waals surface area (Å²) in [7, 11) is 1.42. The molecule has 42 heavy (non-hydrogen) atoms. The molecule has 1 fully saturated rings. The van der Waals surface area contributed by atoms with Crippen LogP contribution in [0.15, 0.2) is 17.7 Å². The van der Waals surface area contributed by atoms with Gasteiger partial charge in [0, 0.05) is 18.4 Å². The maximum Gasteiger partial charge on any atom is 4.00 e. The number of esters is 1. The monoisotopic (exact) mass is 670 g/mol. The van der Waals surface area contributed by atoms with Crippen LogP contribution in [0.3, 0.4) is 0 Å². The van der Waals surface area contributed by atoms with Gasteiger partial charge in [-0.25, -0.2) is 0 Å². The average Bonchev–Trinajstić information content (AvgIpc) is 3.70. The molecule has 8 heteroatoms. The Morgan fingerprint density at radius 2 is 1.76 bits per heavy atom. The molecule has 0 spiro atoms. The molecule has 2 aromatic heterocycles. The summed E-state index contributed by atoms with van der Waals surface area (Å²) in [4.78, 5) is 35.8. The second-order valence-corrected chi connectivity index (χ2v) is 11.9. The van der Waals surface area contributed by atoms with Gasteiger partial charge in [-0.3, -0.25) is 9.59 Å². The Balaban J connectivity index is 0.00000353. The van der Waals surface area contributed by atoms with Crippen molar-refractivity contribution in [2.75, 3.05) is 7.11 Å². The van der Waals surface area contributed by atoms with E-state index >= 15 is 0 Å².